The summed E-state index contributed by atoms with van der Waals surface area (Å²) in [5.41, 5.74) is 3.61. The maximum atomic E-state index is 13.9. The van der Waals surface area contributed by atoms with Crippen LogP contribution in [0.15, 0.2) is 59.5 Å². The van der Waals surface area contributed by atoms with Crippen LogP contribution >= 0.6 is 0 Å². The summed E-state index contributed by atoms with van der Waals surface area (Å²) >= 11 is 0. The molecule has 3 saturated carbocycles. The third kappa shape index (κ3) is 4.56. The standard InChI is InChI=1S/C28H33N3O5S2/c1-19-6-8-24(19)30-38(35,36)22-5-3-4-20(16-22)26(32)31-18-28(14-12-27(10-11-27)13-15-28)23-17-21(7-9-25(23)31)29-37(2,33)34/h3-5,7,9,16-17,24,29-30H,1,6,8,10-15,18H2,2H3. The molecule has 10 heteroatoms. The van der Waals surface area contributed by atoms with E-state index < -0.39 is 20.0 Å². The molecule has 2 aromatic rings. The number of benzene rings is 2. The number of sulfonamides is 2. The first-order valence-electron chi connectivity index (χ1n) is 13.1. The highest BCUT2D eigenvalue weighted by Crippen LogP contribution is 2.62. The van der Waals surface area contributed by atoms with Gasteiger partial charge in [0.15, 0.2) is 0 Å². The number of fused-ring (bicyclic) bond motifs is 2. The van der Waals surface area contributed by atoms with Gasteiger partial charge < -0.3 is 4.90 Å². The molecule has 6 rings (SSSR count). The van der Waals surface area contributed by atoms with E-state index in [1.165, 1.54) is 25.0 Å². The third-order valence-electron chi connectivity index (χ3n) is 9.03. The zero-order chi connectivity index (χ0) is 26.9. The number of carbonyl (C=O) groups is 1. The van der Waals surface area contributed by atoms with Gasteiger partial charge in [0.05, 0.1) is 11.2 Å². The largest absolute Gasteiger partial charge is 0.307 e. The molecular weight excluding hydrogens is 522 g/mol. The highest BCUT2D eigenvalue weighted by molar-refractivity contribution is 7.92. The summed E-state index contributed by atoms with van der Waals surface area (Å²) < 4.78 is 55.1. The second-order valence-corrected chi connectivity index (χ2v) is 15.1. The monoisotopic (exact) mass is 555 g/mol. The fourth-order valence-electron chi connectivity index (χ4n) is 6.33. The van der Waals surface area contributed by atoms with E-state index in [9.17, 15) is 21.6 Å². The highest BCUT2D eigenvalue weighted by atomic mass is 32.2. The Morgan fingerprint density at radius 1 is 1.00 bits per heavy atom. The Labute approximate surface area is 224 Å². The molecule has 2 aromatic carbocycles. The van der Waals surface area contributed by atoms with Gasteiger partial charge in [-0.05, 0) is 98.7 Å². The molecule has 1 aliphatic heterocycles. The Morgan fingerprint density at radius 3 is 2.32 bits per heavy atom. The summed E-state index contributed by atoms with van der Waals surface area (Å²) in [4.78, 5) is 15.7. The molecule has 38 heavy (non-hydrogen) atoms. The van der Waals surface area contributed by atoms with Crippen molar-refractivity contribution in [2.75, 3.05) is 22.4 Å². The number of anilines is 2. The highest BCUT2D eigenvalue weighted by Gasteiger charge is 2.53. The van der Waals surface area contributed by atoms with E-state index in [0.717, 1.165) is 61.6 Å². The molecule has 4 aliphatic rings. The first-order chi connectivity index (χ1) is 17.9. The zero-order valence-corrected chi connectivity index (χ0v) is 23.1. The van der Waals surface area contributed by atoms with E-state index in [1.807, 2.05) is 6.07 Å². The van der Waals surface area contributed by atoms with E-state index >= 15 is 0 Å². The Morgan fingerprint density at radius 2 is 1.71 bits per heavy atom. The smallest absolute Gasteiger partial charge is 0.258 e. The molecule has 1 heterocycles. The van der Waals surface area contributed by atoms with Crippen molar-refractivity contribution in [2.45, 2.75) is 67.7 Å². The van der Waals surface area contributed by atoms with Crippen molar-refractivity contribution in [1.29, 1.82) is 0 Å². The fourth-order valence-corrected chi connectivity index (χ4v) is 8.22. The number of nitrogens with zero attached hydrogens (tertiary/aromatic N) is 1. The van der Waals surface area contributed by atoms with Gasteiger partial charge in [0, 0.05) is 34.9 Å². The second kappa shape index (κ2) is 8.66. The first kappa shape index (κ1) is 25.6. The number of nitrogens with one attached hydrogen (secondary N) is 2. The molecule has 3 fully saturated rings. The molecule has 1 atom stereocenters. The predicted molar refractivity (Wildman–Crippen MR) is 147 cm³/mol. The molecule has 0 aromatic heterocycles. The van der Waals surface area contributed by atoms with Crippen LogP contribution in [0.2, 0.25) is 0 Å². The summed E-state index contributed by atoms with van der Waals surface area (Å²) in [6.07, 6.45) is 9.26. The van der Waals surface area contributed by atoms with Crippen LogP contribution in [0.25, 0.3) is 0 Å². The molecule has 0 bridgehead atoms. The van der Waals surface area contributed by atoms with Crippen LogP contribution in [-0.2, 0) is 25.5 Å². The van der Waals surface area contributed by atoms with E-state index in [1.54, 1.807) is 29.2 Å². The first-order valence-corrected chi connectivity index (χ1v) is 16.5. The number of rotatable bonds is 6. The lowest BCUT2D eigenvalue weighted by Gasteiger charge is -2.38. The van der Waals surface area contributed by atoms with Gasteiger partial charge in [-0.3, -0.25) is 9.52 Å². The summed E-state index contributed by atoms with van der Waals surface area (Å²) in [6, 6.07) is 11.3. The fraction of sp³-hybridized carbons (Fsp3) is 0.464. The van der Waals surface area contributed by atoms with Gasteiger partial charge in [0.2, 0.25) is 20.0 Å². The second-order valence-electron chi connectivity index (χ2n) is 11.7. The Bertz CT molecular complexity index is 1550. The lowest BCUT2D eigenvalue weighted by molar-refractivity contribution is 0.0980. The minimum absolute atomic E-state index is 0.0539. The predicted octanol–water partition coefficient (Wildman–Crippen LogP) is 4.31. The quantitative estimate of drug-likeness (QED) is 0.516. The molecule has 1 unspecified atom stereocenters. The van der Waals surface area contributed by atoms with E-state index in [2.05, 4.69) is 16.0 Å². The number of carbonyl (C=O) groups excluding carboxylic acids is 1. The van der Waals surface area contributed by atoms with Crippen LogP contribution in [0, 0.1) is 5.41 Å². The number of hydrogen-bond donors (Lipinski definition) is 2. The van der Waals surface area contributed by atoms with Crippen molar-refractivity contribution >= 4 is 37.3 Å². The van der Waals surface area contributed by atoms with Gasteiger partial charge >= 0.3 is 0 Å². The molecule has 1 amide bonds. The molecule has 3 aliphatic carbocycles. The molecule has 2 N–H and O–H groups in total. The minimum Gasteiger partial charge on any atom is -0.307 e. The van der Waals surface area contributed by atoms with Gasteiger partial charge in [0.1, 0.15) is 0 Å². The lowest BCUT2D eigenvalue weighted by Crippen LogP contribution is -2.41. The van der Waals surface area contributed by atoms with Crippen molar-refractivity contribution in [3.63, 3.8) is 0 Å². The van der Waals surface area contributed by atoms with Gasteiger partial charge in [-0.15, -0.1) is 0 Å². The molecule has 0 saturated heterocycles. The third-order valence-corrected chi connectivity index (χ3v) is 11.1. The topological polar surface area (TPSA) is 113 Å². The van der Waals surface area contributed by atoms with E-state index in [0.29, 0.717) is 23.2 Å². The average molecular weight is 556 g/mol. The van der Waals surface area contributed by atoms with Gasteiger partial charge in [-0.25, -0.2) is 21.6 Å². The Hall–Kier alpha value is -2.69. The minimum atomic E-state index is -3.80. The van der Waals surface area contributed by atoms with Crippen molar-refractivity contribution in [3.8, 4) is 0 Å². The van der Waals surface area contributed by atoms with Crippen LogP contribution in [0.4, 0.5) is 11.4 Å². The van der Waals surface area contributed by atoms with Crippen LogP contribution in [0.3, 0.4) is 0 Å². The summed E-state index contributed by atoms with van der Waals surface area (Å²) in [7, 11) is -7.24. The lowest BCUT2D eigenvalue weighted by atomic mass is 9.66. The SMILES string of the molecule is C=C1CCC1NS(=O)(=O)c1cccc(C(=O)N2CC3(CCC4(CC4)CC3)c3cc(NS(C)(=O)=O)ccc32)c1. The van der Waals surface area contributed by atoms with Crippen molar-refractivity contribution in [2.24, 2.45) is 5.41 Å². The van der Waals surface area contributed by atoms with Crippen molar-refractivity contribution < 1.29 is 21.6 Å². The van der Waals surface area contributed by atoms with Crippen LogP contribution in [0.5, 0.6) is 0 Å². The Kier molecular flexibility index (Phi) is 5.83. The summed E-state index contributed by atoms with van der Waals surface area (Å²) in [5.74, 6) is -0.260. The van der Waals surface area contributed by atoms with Crippen LogP contribution in [0.1, 0.15) is 67.3 Å². The van der Waals surface area contributed by atoms with Gasteiger partial charge in [-0.1, -0.05) is 18.2 Å². The summed E-state index contributed by atoms with van der Waals surface area (Å²) in [6.45, 7) is 4.39. The Balaban J connectivity index is 1.32. The van der Waals surface area contributed by atoms with E-state index in [4.69, 9.17) is 0 Å². The zero-order valence-electron chi connectivity index (χ0n) is 21.5. The van der Waals surface area contributed by atoms with Crippen LogP contribution < -0.4 is 14.3 Å². The van der Waals surface area contributed by atoms with Gasteiger partial charge in [0.25, 0.3) is 5.91 Å². The summed E-state index contributed by atoms with van der Waals surface area (Å²) in [5, 5.41) is 0. The van der Waals surface area contributed by atoms with Crippen molar-refractivity contribution in [3.05, 3.63) is 65.7 Å². The van der Waals surface area contributed by atoms with Gasteiger partial charge in [-0.2, -0.15) is 0 Å². The maximum absolute atomic E-state index is 13.9. The van der Waals surface area contributed by atoms with E-state index in [-0.39, 0.29) is 22.3 Å². The average Bonchev–Trinajstić information content (AvgIpc) is 3.57. The number of amides is 1. The van der Waals surface area contributed by atoms with Crippen LogP contribution in [-0.4, -0.2) is 41.6 Å². The molecular formula is C28H33N3O5S2. The normalized spacial score (nSPS) is 23.2. The maximum Gasteiger partial charge on any atom is 0.258 e. The molecule has 2 spiro atoms. The number of hydrogen-bond acceptors (Lipinski definition) is 5. The molecule has 0 radical (unpaired) electrons. The molecule has 8 nitrogen and oxygen atoms in total. The van der Waals surface area contributed by atoms with Crippen molar-refractivity contribution in [1.82, 2.24) is 4.72 Å². The molecule has 202 valence electrons.